The van der Waals surface area contributed by atoms with E-state index in [4.69, 9.17) is 44.3 Å². The topological polar surface area (TPSA) is 111 Å². The van der Waals surface area contributed by atoms with Crippen LogP contribution in [0.3, 0.4) is 0 Å². The number of ether oxygens (including phenoxy) is 2. The molecule has 11 heteroatoms. The Bertz CT molecular complexity index is 1320. The zero-order chi connectivity index (χ0) is 29.7. The lowest BCUT2D eigenvalue weighted by Crippen LogP contribution is -2.44. The van der Waals surface area contributed by atoms with E-state index in [-0.39, 0.29) is 30.5 Å². The van der Waals surface area contributed by atoms with Crippen molar-refractivity contribution in [2.75, 3.05) is 25.5 Å². The van der Waals surface area contributed by atoms with Gasteiger partial charge in [0.05, 0.1) is 24.9 Å². The molecule has 0 bridgehead atoms. The Morgan fingerprint density at radius 3 is 2.39 bits per heavy atom. The maximum absolute atomic E-state index is 12.2. The Hall–Kier alpha value is -2.40. The molecule has 3 aromatic rings. The summed E-state index contributed by atoms with van der Waals surface area (Å²) in [5, 5.41) is 32.6. The van der Waals surface area contributed by atoms with Gasteiger partial charge in [-0.2, -0.15) is 0 Å². The van der Waals surface area contributed by atoms with Gasteiger partial charge >= 0.3 is 0 Å². The monoisotopic (exact) mass is 622 g/mol. The molecule has 4 N–H and O–H groups in total. The number of carbonyl (C=O) groups is 1. The van der Waals surface area contributed by atoms with Crippen molar-refractivity contribution in [3.8, 4) is 5.75 Å². The van der Waals surface area contributed by atoms with Crippen molar-refractivity contribution in [1.29, 1.82) is 0 Å². The zero-order valence-electron chi connectivity index (χ0n) is 22.6. The molecule has 5 atom stereocenters. The van der Waals surface area contributed by atoms with E-state index in [1.165, 1.54) is 0 Å². The number of nitrogens with zero attached hydrogens (tertiary/aromatic N) is 1. The van der Waals surface area contributed by atoms with Crippen LogP contribution in [0.15, 0.2) is 72.8 Å². The van der Waals surface area contributed by atoms with E-state index in [1.807, 2.05) is 49.2 Å². The van der Waals surface area contributed by atoms with Gasteiger partial charge in [-0.1, -0.05) is 90.3 Å². The minimum atomic E-state index is -2.12. The summed E-state index contributed by atoms with van der Waals surface area (Å²) in [6, 6.07) is 21.1. The Morgan fingerprint density at radius 1 is 1.02 bits per heavy atom. The highest BCUT2D eigenvalue weighted by atomic mass is 35.6. The number of phenolic OH excluding ortho intramolecular Hbond substituents is 1. The van der Waals surface area contributed by atoms with Crippen molar-refractivity contribution in [3.05, 3.63) is 95.1 Å². The number of benzene rings is 3. The van der Waals surface area contributed by atoms with Crippen LogP contribution in [0.2, 0.25) is 0 Å². The van der Waals surface area contributed by atoms with Crippen LogP contribution >= 0.6 is 34.8 Å². The fourth-order valence-corrected chi connectivity index (χ4v) is 4.95. The van der Waals surface area contributed by atoms with Crippen molar-refractivity contribution in [2.24, 2.45) is 5.92 Å². The van der Waals surface area contributed by atoms with Gasteiger partial charge in [-0.15, -0.1) is 0 Å². The molecule has 0 radical (unpaired) electrons. The van der Waals surface area contributed by atoms with Gasteiger partial charge in [0.15, 0.2) is 6.29 Å². The molecule has 220 valence electrons. The van der Waals surface area contributed by atoms with Crippen molar-refractivity contribution in [1.82, 2.24) is 4.90 Å². The third-order valence-corrected chi connectivity index (χ3v) is 7.54. The molecule has 8 nitrogen and oxygen atoms in total. The number of likely N-dealkylation sites (N-methyl/N-ethyl adjacent to an activating group) is 1. The van der Waals surface area contributed by atoms with E-state index in [0.717, 1.165) is 11.1 Å². The summed E-state index contributed by atoms with van der Waals surface area (Å²) in [6.07, 6.45) is -2.25. The van der Waals surface area contributed by atoms with Crippen molar-refractivity contribution in [2.45, 2.75) is 41.9 Å². The van der Waals surface area contributed by atoms with Crippen LogP contribution < -0.4 is 5.32 Å². The summed E-state index contributed by atoms with van der Waals surface area (Å²) >= 11 is 17.1. The Morgan fingerprint density at radius 2 is 1.73 bits per heavy atom. The molecule has 1 saturated heterocycles. The number of anilines is 1. The number of halogens is 3. The number of hydrogen-bond donors (Lipinski definition) is 4. The van der Waals surface area contributed by atoms with Crippen LogP contribution in [-0.4, -0.2) is 56.2 Å². The van der Waals surface area contributed by atoms with Crippen LogP contribution in [0.1, 0.15) is 47.7 Å². The van der Waals surface area contributed by atoms with E-state index in [2.05, 4.69) is 5.32 Å². The third-order valence-electron chi connectivity index (χ3n) is 7.03. The molecule has 1 amide bonds. The molecule has 1 fully saturated rings. The molecule has 0 unspecified atom stereocenters. The molecule has 0 spiro atoms. The minimum Gasteiger partial charge on any atom is -0.508 e. The third kappa shape index (κ3) is 8.34. The number of carbonyl (C=O) groups excluding carboxylic acids is 1. The molecule has 1 aliphatic rings. The number of phenols is 1. The Balaban J connectivity index is 1.56. The van der Waals surface area contributed by atoms with Crippen LogP contribution in [0.5, 0.6) is 5.75 Å². The molecule has 1 heterocycles. The van der Waals surface area contributed by atoms with E-state index in [1.54, 1.807) is 42.5 Å². The molecule has 1 aliphatic heterocycles. The lowest BCUT2D eigenvalue weighted by atomic mass is 9.90. The van der Waals surface area contributed by atoms with E-state index >= 15 is 0 Å². The van der Waals surface area contributed by atoms with Gasteiger partial charge in [0.1, 0.15) is 5.75 Å². The van der Waals surface area contributed by atoms with Gasteiger partial charge in [0.25, 0.3) is 9.70 Å². The first-order chi connectivity index (χ1) is 19.4. The predicted molar refractivity (Wildman–Crippen MR) is 159 cm³/mol. The van der Waals surface area contributed by atoms with Gasteiger partial charge in [-0.25, -0.2) is 0 Å². The molecule has 3 aromatic carbocycles. The second-order valence-corrected chi connectivity index (χ2v) is 12.5. The normalized spacial score (nSPS) is 22.0. The highest BCUT2D eigenvalue weighted by Crippen LogP contribution is 2.42. The highest BCUT2D eigenvalue weighted by Gasteiger charge is 2.39. The fraction of sp³-hybridized carbons (Fsp3) is 0.367. The number of aromatic hydroxyl groups is 1. The van der Waals surface area contributed by atoms with Crippen LogP contribution in [-0.2, 0) is 20.9 Å². The van der Waals surface area contributed by atoms with Crippen molar-refractivity contribution in [3.63, 3.8) is 0 Å². The quantitative estimate of drug-likeness (QED) is 0.228. The average Bonchev–Trinajstić information content (AvgIpc) is 2.94. The van der Waals surface area contributed by atoms with Crippen molar-refractivity contribution >= 4 is 46.4 Å². The second-order valence-electron chi connectivity index (χ2n) is 10.2. The smallest absolute Gasteiger partial charge is 0.276 e. The number of nitrogens with one attached hydrogen (secondary N) is 1. The number of aliphatic hydroxyl groups excluding tert-OH is 2. The molecule has 0 saturated carbocycles. The van der Waals surface area contributed by atoms with Crippen LogP contribution in [0, 0.1) is 5.92 Å². The highest BCUT2D eigenvalue weighted by molar-refractivity contribution is 6.76. The van der Waals surface area contributed by atoms with E-state index in [9.17, 15) is 20.1 Å². The summed E-state index contributed by atoms with van der Waals surface area (Å²) in [5.41, 5.74) is 3.40. The second kappa shape index (κ2) is 13.7. The molecular formula is C30H33Cl3N2O6. The summed E-state index contributed by atoms with van der Waals surface area (Å²) in [7, 11) is 1.89. The first-order valence-corrected chi connectivity index (χ1v) is 14.2. The average molecular weight is 624 g/mol. The lowest BCUT2D eigenvalue weighted by molar-refractivity contribution is -0.276. The van der Waals surface area contributed by atoms with E-state index < -0.39 is 22.1 Å². The Labute approximate surface area is 254 Å². The van der Waals surface area contributed by atoms with Gasteiger partial charge < -0.3 is 35.0 Å². The van der Waals surface area contributed by atoms with Gasteiger partial charge in [0, 0.05) is 30.3 Å². The molecule has 0 aromatic heterocycles. The largest absolute Gasteiger partial charge is 0.508 e. The predicted octanol–water partition coefficient (Wildman–Crippen LogP) is 5.65. The maximum Gasteiger partial charge on any atom is 0.276 e. The zero-order valence-corrected chi connectivity index (χ0v) is 24.9. The first kappa shape index (κ1) is 31.5. The summed E-state index contributed by atoms with van der Waals surface area (Å²) in [4.78, 5) is 14.2. The standard InChI is InChI=1S/C30H33Cl3N2O6/c1-18-26(16-35(2)15-25(38)21-5-4-8-24(37)14-21)40-28(41-27(18)20-11-9-19(17-36)10-12-20)22-6-3-7-23(13-22)34-29(39)30(31,32)33/h3-14,18,25-28,36-38H,15-17H2,1-2H3,(H,34,39)/t18-,25-,26+,27+,28+/m1/s1. The van der Waals surface area contributed by atoms with Gasteiger partial charge in [0.2, 0.25) is 0 Å². The number of aliphatic hydroxyl groups is 2. The first-order valence-electron chi connectivity index (χ1n) is 13.1. The molecule has 41 heavy (non-hydrogen) atoms. The number of hydrogen-bond acceptors (Lipinski definition) is 7. The summed E-state index contributed by atoms with van der Waals surface area (Å²) < 4.78 is 10.8. The lowest BCUT2D eigenvalue weighted by Gasteiger charge is -2.42. The summed E-state index contributed by atoms with van der Waals surface area (Å²) in [6.45, 7) is 2.78. The van der Waals surface area contributed by atoms with Crippen LogP contribution in [0.25, 0.3) is 0 Å². The molecule has 0 aliphatic carbocycles. The Kier molecular flexibility index (Phi) is 10.5. The SMILES string of the molecule is C[C@@H]1[C@H](CN(C)C[C@@H](O)c2cccc(O)c2)O[C@H](c2cccc(NC(=O)C(Cl)(Cl)Cl)c2)O[C@@H]1c1ccc(CO)cc1. The number of amides is 1. The van der Waals surface area contributed by atoms with Gasteiger partial charge in [-0.3, -0.25) is 4.79 Å². The molecule has 4 rings (SSSR count). The van der Waals surface area contributed by atoms with Crippen LogP contribution in [0.4, 0.5) is 5.69 Å². The van der Waals surface area contributed by atoms with Gasteiger partial charge in [-0.05, 0) is 48.0 Å². The summed E-state index contributed by atoms with van der Waals surface area (Å²) in [5.74, 6) is -0.778. The minimum absolute atomic E-state index is 0.0608. The number of alkyl halides is 3. The fourth-order valence-electron chi connectivity index (χ4n) is 4.81. The van der Waals surface area contributed by atoms with Crippen molar-refractivity contribution < 1.29 is 29.6 Å². The van der Waals surface area contributed by atoms with E-state index in [0.29, 0.717) is 29.9 Å². The molecular weight excluding hydrogens is 591 g/mol. The number of rotatable bonds is 9. The maximum atomic E-state index is 12.2.